The molecule has 0 aromatic heterocycles. The van der Waals surface area contributed by atoms with Crippen molar-refractivity contribution in [1.29, 1.82) is 5.26 Å². The molecule has 0 saturated carbocycles. The van der Waals surface area contributed by atoms with Gasteiger partial charge in [0.1, 0.15) is 6.07 Å². The van der Waals surface area contributed by atoms with Crippen molar-refractivity contribution < 1.29 is 13.5 Å². The molecular formula is C12H16N2O3S. The van der Waals surface area contributed by atoms with Crippen LogP contribution in [0.1, 0.15) is 25.8 Å². The van der Waals surface area contributed by atoms with Gasteiger partial charge in [-0.05, 0) is 25.5 Å². The normalized spacial score (nSPS) is 14.8. The highest BCUT2D eigenvalue weighted by atomic mass is 32.2. The maximum absolute atomic E-state index is 12.0. The van der Waals surface area contributed by atoms with Crippen LogP contribution in [-0.4, -0.2) is 25.7 Å². The molecule has 6 heteroatoms. The van der Waals surface area contributed by atoms with Crippen LogP contribution in [0.5, 0.6) is 0 Å². The Kier molecular flexibility index (Phi) is 4.46. The third-order valence-corrected chi connectivity index (χ3v) is 4.16. The Morgan fingerprint density at radius 1 is 1.44 bits per heavy atom. The Morgan fingerprint density at radius 3 is 2.61 bits per heavy atom. The minimum atomic E-state index is -3.78. The molecule has 0 aliphatic carbocycles. The van der Waals surface area contributed by atoms with E-state index >= 15 is 0 Å². The molecule has 0 aliphatic rings. The van der Waals surface area contributed by atoms with E-state index in [9.17, 15) is 13.5 Å². The van der Waals surface area contributed by atoms with E-state index in [0.29, 0.717) is 6.42 Å². The lowest BCUT2D eigenvalue weighted by Gasteiger charge is -2.21. The van der Waals surface area contributed by atoms with Crippen LogP contribution in [0.3, 0.4) is 0 Å². The highest BCUT2D eigenvalue weighted by Gasteiger charge is 2.23. The summed E-state index contributed by atoms with van der Waals surface area (Å²) in [6.45, 7) is 3.22. The molecule has 0 radical (unpaired) electrons. The Balaban J connectivity index is 2.98. The van der Waals surface area contributed by atoms with E-state index < -0.39 is 15.6 Å². The molecule has 1 aromatic carbocycles. The first kappa shape index (κ1) is 14.6. The summed E-state index contributed by atoms with van der Waals surface area (Å²) >= 11 is 0. The fraction of sp³-hybridized carbons (Fsp3) is 0.417. The molecule has 0 amide bonds. The van der Waals surface area contributed by atoms with E-state index in [4.69, 9.17) is 5.26 Å². The first-order valence-electron chi connectivity index (χ1n) is 5.53. The van der Waals surface area contributed by atoms with Crippen molar-refractivity contribution >= 4 is 10.0 Å². The quantitative estimate of drug-likeness (QED) is 0.833. The van der Waals surface area contributed by atoms with Crippen LogP contribution in [0, 0.1) is 11.3 Å². The van der Waals surface area contributed by atoms with Crippen molar-refractivity contribution in [3.63, 3.8) is 0 Å². The predicted octanol–water partition coefficient (Wildman–Crippen LogP) is 0.998. The molecule has 5 nitrogen and oxygen atoms in total. The molecule has 18 heavy (non-hydrogen) atoms. The SMILES string of the molecule is CCC(C)(O)CNS(=O)(=O)c1ccccc1C#N. The minimum Gasteiger partial charge on any atom is -0.389 e. The van der Waals surface area contributed by atoms with Gasteiger partial charge in [0.05, 0.1) is 16.1 Å². The summed E-state index contributed by atoms with van der Waals surface area (Å²) in [5.41, 5.74) is -1.02. The van der Waals surface area contributed by atoms with Crippen molar-refractivity contribution in [1.82, 2.24) is 4.72 Å². The lowest BCUT2D eigenvalue weighted by Crippen LogP contribution is -2.40. The number of hydrogen-bond acceptors (Lipinski definition) is 4. The van der Waals surface area contributed by atoms with Crippen LogP contribution >= 0.6 is 0 Å². The van der Waals surface area contributed by atoms with Gasteiger partial charge in [0.15, 0.2) is 0 Å². The standard InChI is InChI=1S/C12H16N2O3S/c1-3-12(2,15)9-14-18(16,17)11-7-5-4-6-10(11)8-13/h4-7,14-15H,3,9H2,1-2H3. The van der Waals surface area contributed by atoms with Gasteiger partial charge in [0, 0.05) is 6.54 Å². The molecule has 2 N–H and O–H groups in total. The van der Waals surface area contributed by atoms with Crippen LogP contribution in [0.25, 0.3) is 0 Å². The lowest BCUT2D eigenvalue weighted by molar-refractivity contribution is 0.0613. The summed E-state index contributed by atoms with van der Waals surface area (Å²) in [7, 11) is -3.78. The number of nitrogens with one attached hydrogen (secondary N) is 1. The zero-order valence-corrected chi connectivity index (χ0v) is 11.2. The molecule has 1 unspecified atom stereocenters. The van der Waals surface area contributed by atoms with Gasteiger partial charge in [-0.25, -0.2) is 13.1 Å². The smallest absolute Gasteiger partial charge is 0.241 e. The third kappa shape index (κ3) is 3.53. The topological polar surface area (TPSA) is 90.2 Å². The highest BCUT2D eigenvalue weighted by Crippen LogP contribution is 2.15. The first-order valence-corrected chi connectivity index (χ1v) is 7.02. The largest absolute Gasteiger partial charge is 0.389 e. The summed E-state index contributed by atoms with van der Waals surface area (Å²) in [5, 5.41) is 18.6. The second-order valence-corrected chi connectivity index (χ2v) is 6.02. The van der Waals surface area contributed by atoms with Crippen molar-refractivity contribution in [2.24, 2.45) is 0 Å². The number of nitrogens with zero attached hydrogens (tertiary/aromatic N) is 1. The summed E-state index contributed by atoms with van der Waals surface area (Å²) in [4.78, 5) is -0.0700. The van der Waals surface area contributed by atoms with E-state index in [2.05, 4.69) is 4.72 Å². The van der Waals surface area contributed by atoms with E-state index in [0.717, 1.165) is 0 Å². The maximum Gasteiger partial charge on any atom is 0.241 e. The number of nitriles is 1. The molecule has 1 atom stereocenters. The minimum absolute atomic E-state index is 0.0700. The van der Waals surface area contributed by atoms with Gasteiger partial charge in [-0.15, -0.1) is 0 Å². The Hall–Kier alpha value is -1.42. The average molecular weight is 268 g/mol. The number of sulfonamides is 1. The Bertz CT molecular complexity index is 559. The summed E-state index contributed by atoms with van der Waals surface area (Å²) in [6, 6.07) is 7.78. The molecule has 0 fully saturated rings. The van der Waals surface area contributed by atoms with Gasteiger partial charge in [-0.3, -0.25) is 0 Å². The van der Waals surface area contributed by atoms with Crippen molar-refractivity contribution in [2.75, 3.05) is 6.54 Å². The van der Waals surface area contributed by atoms with Crippen molar-refractivity contribution in [2.45, 2.75) is 30.8 Å². The second-order valence-electron chi connectivity index (χ2n) is 4.28. The van der Waals surface area contributed by atoms with Gasteiger partial charge in [0.25, 0.3) is 0 Å². The molecule has 0 bridgehead atoms. The zero-order valence-electron chi connectivity index (χ0n) is 10.3. The summed E-state index contributed by atoms with van der Waals surface area (Å²) in [6.07, 6.45) is 0.426. The van der Waals surface area contributed by atoms with E-state index in [1.807, 2.05) is 6.07 Å². The first-order chi connectivity index (χ1) is 8.32. The fourth-order valence-electron chi connectivity index (χ4n) is 1.25. The van der Waals surface area contributed by atoms with E-state index in [-0.39, 0.29) is 17.0 Å². The van der Waals surface area contributed by atoms with Crippen molar-refractivity contribution in [3.05, 3.63) is 29.8 Å². The van der Waals surface area contributed by atoms with E-state index in [1.165, 1.54) is 12.1 Å². The number of rotatable bonds is 5. The Labute approximate surface area is 107 Å². The monoisotopic (exact) mass is 268 g/mol. The maximum atomic E-state index is 12.0. The summed E-state index contributed by atoms with van der Waals surface area (Å²) in [5.74, 6) is 0. The Morgan fingerprint density at radius 2 is 2.06 bits per heavy atom. The molecule has 98 valence electrons. The molecular weight excluding hydrogens is 252 g/mol. The summed E-state index contributed by atoms with van der Waals surface area (Å²) < 4.78 is 26.3. The van der Waals surface area contributed by atoms with Crippen molar-refractivity contribution in [3.8, 4) is 6.07 Å². The molecule has 0 saturated heterocycles. The fourth-order valence-corrected chi connectivity index (χ4v) is 2.56. The highest BCUT2D eigenvalue weighted by molar-refractivity contribution is 7.89. The lowest BCUT2D eigenvalue weighted by atomic mass is 10.1. The van der Waals surface area contributed by atoms with Gasteiger partial charge >= 0.3 is 0 Å². The van der Waals surface area contributed by atoms with Crippen LogP contribution in [0.4, 0.5) is 0 Å². The van der Waals surface area contributed by atoms with Gasteiger partial charge < -0.3 is 5.11 Å². The number of hydrogen-bond donors (Lipinski definition) is 2. The van der Waals surface area contributed by atoms with Gasteiger partial charge in [-0.1, -0.05) is 19.1 Å². The molecule has 0 spiro atoms. The average Bonchev–Trinajstić information content (AvgIpc) is 2.37. The molecule has 0 aliphatic heterocycles. The molecule has 1 aromatic rings. The number of benzene rings is 1. The van der Waals surface area contributed by atoms with Crippen LogP contribution in [0.2, 0.25) is 0 Å². The molecule has 1 rings (SSSR count). The number of aliphatic hydroxyl groups is 1. The van der Waals surface area contributed by atoms with Crippen LogP contribution in [-0.2, 0) is 10.0 Å². The zero-order chi connectivity index (χ0) is 13.8. The second kappa shape index (κ2) is 5.48. The third-order valence-electron chi connectivity index (χ3n) is 2.70. The van der Waals surface area contributed by atoms with Crippen LogP contribution < -0.4 is 4.72 Å². The molecule has 0 heterocycles. The predicted molar refractivity (Wildman–Crippen MR) is 67.3 cm³/mol. The van der Waals surface area contributed by atoms with Gasteiger partial charge in [0.2, 0.25) is 10.0 Å². The van der Waals surface area contributed by atoms with E-state index in [1.54, 1.807) is 26.0 Å². The van der Waals surface area contributed by atoms with Gasteiger partial charge in [-0.2, -0.15) is 5.26 Å². The van der Waals surface area contributed by atoms with Crippen LogP contribution in [0.15, 0.2) is 29.2 Å².